The second kappa shape index (κ2) is 4.08. The van der Waals surface area contributed by atoms with Gasteiger partial charge in [-0.15, -0.1) is 0 Å². The Morgan fingerprint density at radius 2 is 2.15 bits per heavy atom. The summed E-state index contributed by atoms with van der Waals surface area (Å²) in [5.41, 5.74) is 0. The third-order valence-corrected chi connectivity index (χ3v) is 2.96. The fourth-order valence-electron chi connectivity index (χ4n) is 2.24. The zero-order valence-electron chi connectivity index (χ0n) is 7.74. The third kappa shape index (κ3) is 1.84. The van der Waals surface area contributed by atoms with Gasteiger partial charge in [0, 0.05) is 19.1 Å². The van der Waals surface area contributed by atoms with Crippen LogP contribution in [0.4, 0.5) is 0 Å². The second-order valence-electron chi connectivity index (χ2n) is 3.84. The van der Waals surface area contributed by atoms with E-state index in [1.807, 2.05) is 0 Å². The summed E-state index contributed by atoms with van der Waals surface area (Å²) in [5.74, 6) is 0.563. The van der Waals surface area contributed by atoms with Crippen LogP contribution in [0.3, 0.4) is 0 Å². The summed E-state index contributed by atoms with van der Waals surface area (Å²) in [4.78, 5) is 0. The SMILES string of the molecule is N#CC1CCOC1C1CCCOC1. The standard InChI is InChI=1S/C10H15NO2/c11-6-8-3-5-13-10(8)9-2-1-4-12-7-9/h8-10H,1-5,7H2. The van der Waals surface area contributed by atoms with E-state index in [1.54, 1.807) is 0 Å². The van der Waals surface area contributed by atoms with Crippen molar-refractivity contribution in [1.29, 1.82) is 5.26 Å². The van der Waals surface area contributed by atoms with Crippen LogP contribution in [0, 0.1) is 23.2 Å². The van der Waals surface area contributed by atoms with Gasteiger partial charge in [-0.3, -0.25) is 0 Å². The lowest BCUT2D eigenvalue weighted by Gasteiger charge is -2.28. The fourth-order valence-corrected chi connectivity index (χ4v) is 2.24. The molecule has 2 saturated heterocycles. The number of hydrogen-bond acceptors (Lipinski definition) is 3. The van der Waals surface area contributed by atoms with E-state index in [-0.39, 0.29) is 12.0 Å². The predicted molar refractivity (Wildman–Crippen MR) is 47.0 cm³/mol. The molecule has 2 aliphatic heterocycles. The van der Waals surface area contributed by atoms with Gasteiger partial charge in [-0.05, 0) is 19.3 Å². The van der Waals surface area contributed by atoms with Crippen LogP contribution in [0.1, 0.15) is 19.3 Å². The zero-order valence-corrected chi connectivity index (χ0v) is 7.74. The van der Waals surface area contributed by atoms with Gasteiger partial charge in [-0.1, -0.05) is 0 Å². The van der Waals surface area contributed by atoms with Crippen LogP contribution in [0.5, 0.6) is 0 Å². The van der Waals surface area contributed by atoms with Crippen molar-refractivity contribution < 1.29 is 9.47 Å². The van der Waals surface area contributed by atoms with Crippen molar-refractivity contribution in [2.45, 2.75) is 25.4 Å². The summed E-state index contributed by atoms with van der Waals surface area (Å²) in [6.45, 7) is 2.41. The average Bonchev–Trinajstić information content (AvgIpc) is 2.67. The molecular formula is C10H15NO2. The molecule has 2 fully saturated rings. The Balaban J connectivity index is 1.94. The van der Waals surface area contributed by atoms with Crippen molar-refractivity contribution >= 4 is 0 Å². The van der Waals surface area contributed by atoms with E-state index in [0.29, 0.717) is 5.92 Å². The Bertz CT molecular complexity index is 205. The largest absolute Gasteiger partial charge is 0.381 e. The molecular weight excluding hydrogens is 166 g/mol. The van der Waals surface area contributed by atoms with Gasteiger partial charge in [0.1, 0.15) is 0 Å². The van der Waals surface area contributed by atoms with Gasteiger partial charge < -0.3 is 9.47 Å². The molecule has 0 bridgehead atoms. The Kier molecular flexibility index (Phi) is 2.82. The molecule has 2 rings (SSSR count). The normalized spacial score (nSPS) is 40.1. The van der Waals surface area contributed by atoms with Gasteiger partial charge in [-0.2, -0.15) is 5.26 Å². The highest BCUT2D eigenvalue weighted by Crippen LogP contribution is 2.30. The molecule has 0 N–H and O–H groups in total. The maximum atomic E-state index is 8.90. The molecule has 0 aromatic heterocycles. The topological polar surface area (TPSA) is 42.2 Å². The minimum absolute atomic E-state index is 0.103. The summed E-state index contributed by atoms with van der Waals surface area (Å²) >= 11 is 0. The van der Waals surface area contributed by atoms with Crippen LogP contribution in [0.2, 0.25) is 0 Å². The van der Waals surface area contributed by atoms with Crippen molar-refractivity contribution in [3.63, 3.8) is 0 Å². The molecule has 3 nitrogen and oxygen atoms in total. The first-order valence-electron chi connectivity index (χ1n) is 5.01. The number of rotatable bonds is 1. The predicted octanol–water partition coefficient (Wildman–Crippen LogP) is 1.34. The van der Waals surface area contributed by atoms with E-state index in [1.165, 1.54) is 0 Å². The van der Waals surface area contributed by atoms with Crippen LogP contribution in [-0.4, -0.2) is 25.9 Å². The van der Waals surface area contributed by atoms with E-state index in [0.717, 1.165) is 39.1 Å². The highest BCUT2D eigenvalue weighted by Gasteiger charge is 2.35. The van der Waals surface area contributed by atoms with Crippen molar-refractivity contribution in [3.05, 3.63) is 0 Å². The average molecular weight is 181 g/mol. The molecule has 0 spiro atoms. The first kappa shape index (κ1) is 8.98. The van der Waals surface area contributed by atoms with Crippen LogP contribution in [-0.2, 0) is 9.47 Å². The number of ether oxygens (including phenoxy) is 2. The Hall–Kier alpha value is -0.590. The molecule has 0 saturated carbocycles. The van der Waals surface area contributed by atoms with Crippen molar-refractivity contribution in [1.82, 2.24) is 0 Å². The molecule has 0 amide bonds. The number of hydrogen-bond donors (Lipinski definition) is 0. The molecule has 3 atom stereocenters. The molecule has 2 heterocycles. The molecule has 13 heavy (non-hydrogen) atoms. The lowest BCUT2D eigenvalue weighted by Crippen LogP contribution is -2.32. The van der Waals surface area contributed by atoms with Crippen molar-refractivity contribution in [3.8, 4) is 6.07 Å². The Morgan fingerprint density at radius 1 is 1.23 bits per heavy atom. The van der Waals surface area contributed by atoms with Crippen molar-refractivity contribution in [2.75, 3.05) is 19.8 Å². The fraction of sp³-hybridized carbons (Fsp3) is 0.900. The highest BCUT2D eigenvalue weighted by atomic mass is 16.5. The Labute approximate surface area is 78.6 Å². The monoisotopic (exact) mass is 181 g/mol. The van der Waals surface area contributed by atoms with Gasteiger partial charge >= 0.3 is 0 Å². The molecule has 0 radical (unpaired) electrons. The van der Waals surface area contributed by atoms with Gasteiger partial charge in [-0.25, -0.2) is 0 Å². The zero-order chi connectivity index (χ0) is 9.10. The summed E-state index contributed by atoms with van der Waals surface area (Å²) in [7, 11) is 0. The summed E-state index contributed by atoms with van der Waals surface area (Å²) in [5, 5.41) is 8.90. The molecule has 3 heteroatoms. The van der Waals surface area contributed by atoms with Crippen LogP contribution < -0.4 is 0 Å². The van der Waals surface area contributed by atoms with E-state index >= 15 is 0 Å². The van der Waals surface area contributed by atoms with Crippen LogP contribution in [0.15, 0.2) is 0 Å². The van der Waals surface area contributed by atoms with E-state index in [2.05, 4.69) is 6.07 Å². The summed E-state index contributed by atoms with van der Waals surface area (Å²) in [6, 6.07) is 2.33. The van der Waals surface area contributed by atoms with E-state index < -0.39 is 0 Å². The number of nitrogens with zero attached hydrogens (tertiary/aromatic N) is 1. The lowest BCUT2D eigenvalue weighted by atomic mass is 9.88. The van der Waals surface area contributed by atoms with Crippen LogP contribution >= 0.6 is 0 Å². The maximum Gasteiger partial charge on any atom is 0.0784 e. The van der Waals surface area contributed by atoms with Crippen LogP contribution in [0.25, 0.3) is 0 Å². The second-order valence-corrected chi connectivity index (χ2v) is 3.84. The molecule has 2 aliphatic rings. The first-order chi connectivity index (χ1) is 6.42. The molecule has 0 aliphatic carbocycles. The smallest absolute Gasteiger partial charge is 0.0784 e. The third-order valence-electron chi connectivity index (χ3n) is 2.96. The quantitative estimate of drug-likeness (QED) is 0.613. The van der Waals surface area contributed by atoms with E-state index in [9.17, 15) is 0 Å². The van der Waals surface area contributed by atoms with Gasteiger partial charge in [0.15, 0.2) is 0 Å². The van der Waals surface area contributed by atoms with Crippen molar-refractivity contribution in [2.24, 2.45) is 11.8 Å². The molecule has 3 unspecified atom stereocenters. The van der Waals surface area contributed by atoms with E-state index in [4.69, 9.17) is 14.7 Å². The van der Waals surface area contributed by atoms with Gasteiger partial charge in [0.25, 0.3) is 0 Å². The lowest BCUT2D eigenvalue weighted by molar-refractivity contribution is -0.0280. The minimum Gasteiger partial charge on any atom is -0.381 e. The first-order valence-corrected chi connectivity index (χ1v) is 5.01. The summed E-state index contributed by atoms with van der Waals surface area (Å²) < 4.78 is 11.0. The highest BCUT2D eigenvalue weighted by molar-refractivity contribution is 4.95. The molecule has 72 valence electrons. The maximum absolute atomic E-state index is 8.90. The number of nitriles is 1. The van der Waals surface area contributed by atoms with Gasteiger partial charge in [0.2, 0.25) is 0 Å². The summed E-state index contributed by atoms with van der Waals surface area (Å²) in [6.07, 6.45) is 3.31. The molecule has 0 aromatic rings. The van der Waals surface area contributed by atoms with Gasteiger partial charge in [0.05, 0.1) is 24.7 Å². The molecule has 0 aromatic carbocycles. The Morgan fingerprint density at radius 3 is 2.85 bits per heavy atom. The minimum atomic E-state index is 0.103.